The third-order valence-corrected chi connectivity index (χ3v) is 7.42. The zero-order valence-corrected chi connectivity index (χ0v) is 23.3. The fourth-order valence-electron chi connectivity index (χ4n) is 3.66. The Hall–Kier alpha value is -2.49. The first-order chi connectivity index (χ1) is 17.0. The van der Waals surface area contributed by atoms with Crippen LogP contribution in [-0.2, 0) is 26.2 Å². The van der Waals surface area contributed by atoms with Crippen LogP contribution in [0.2, 0.25) is 10.0 Å². The van der Waals surface area contributed by atoms with Gasteiger partial charge in [0.25, 0.3) is 0 Å². The molecule has 1 unspecified atom stereocenters. The molecule has 0 heterocycles. The molecule has 8 nitrogen and oxygen atoms in total. The summed E-state index contributed by atoms with van der Waals surface area (Å²) in [4.78, 5) is 28.1. The number of carbonyl (C=O) groups excluding carboxylic acids is 2. The van der Waals surface area contributed by atoms with Crippen LogP contribution in [0.4, 0.5) is 5.69 Å². The highest BCUT2D eigenvalue weighted by Gasteiger charge is 2.32. The lowest BCUT2D eigenvalue weighted by atomic mass is 10.1. The summed E-state index contributed by atoms with van der Waals surface area (Å²) in [7, 11) is -2.43. The Bertz CT molecular complexity index is 1160. The topological polar surface area (TPSA) is 96.0 Å². The van der Waals surface area contributed by atoms with Gasteiger partial charge in [0.15, 0.2) is 0 Å². The summed E-state index contributed by atoms with van der Waals surface area (Å²) in [5, 5.41) is 3.52. The minimum Gasteiger partial charge on any atom is -0.495 e. The largest absolute Gasteiger partial charge is 0.495 e. The molecule has 0 bridgehead atoms. The number of sulfonamides is 1. The summed E-state index contributed by atoms with van der Waals surface area (Å²) in [6.07, 6.45) is 3.06. The molecule has 0 fully saturated rings. The van der Waals surface area contributed by atoms with E-state index in [-0.39, 0.29) is 23.2 Å². The van der Waals surface area contributed by atoms with Crippen LogP contribution in [0, 0.1) is 0 Å². The van der Waals surface area contributed by atoms with E-state index in [9.17, 15) is 18.0 Å². The average molecular weight is 559 g/mol. The second-order valence-electron chi connectivity index (χ2n) is 8.27. The maximum absolute atomic E-state index is 13.7. The number of amides is 2. The molecule has 0 radical (unpaired) electrons. The Balaban J connectivity index is 2.44. The van der Waals surface area contributed by atoms with Gasteiger partial charge in [0.2, 0.25) is 21.8 Å². The van der Waals surface area contributed by atoms with E-state index in [2.05, 4.69) is 5.32 Å². The maximum Gasteiger partial charge on any atom is 0.244 e. The van der Waals surface area contributed by atoms with Crippen molar-refractivity contribution in [2.75, 3.05) is 30.8 Å². The van der Waals surface area contributed by atoms with Gasteiger partial charge in [-0.1, -0.05) is 61.7 Å². The highest BCUT2D eigenvalue weighted by molar-refractivity contribution is 7.92. The van der Waals surface area contributed by atoms with Crippen molar-refractivity contribution in [2.24, 2.45) is 0 Å². The summed E-state index contributed by atoms with van der Waals surface area (Å²) in [6.45, 7) is 3.82. The zero-order chi connectivity index (χ0) is 26.9. The molecule has 0 spiro atoms. The number of anilines is 1. The van der Waals surface area contributed by atoms with Gasteiger partial charge in [0.1, 0.15) is 18.3 Å². The first-order valence-electron chi connectivity index (χ1n) is 11.6. The number of rotatable bonds is 13. The average Bonchev–Trinajstić information content (AvgIpc) is 2.82. The van der Waals surface area contributed by atoms with Gasteiger partial charge in [-0.05, 0) is 42.7 Å². The fourth-order valence-corrected chi connectivity index (χ4v) is 4.95. The Morgan fingerprint density at radius 2 is 1.78 bits per heavy atom. The van der Waals surface area contributed by atoms with Crippen molar-refractivity contribution in [3.63, 3.8) is 0 Å². The second kappa shape index (κ2) is 13.7. The van der Waals surface area contributed by atoms with Crippen LogP contribution in [0.5, 0.6) is 5.75 Å². The molecule has 198 valence electrons. The smallest absolute Gasteiger partial charge is 0.244 e. The monoisotopic (exact) mass is 557 g/mol. The van der Waals surface area contributed by atoms with Gasteiger partial charge in [0.05, 0.1) is 24.1 Å². The first-order valence-corrected chi connectivity index (χ1v) is 14.3. The van der Waals surface area contributed by atoms with Gasteiger partial charge in [0, 0.05) is 18.1 Å². The summed E-state index contributed by atoms with van der Waals surface area (Å²) in [5.74, 6) is -0.482. The van der Waals surface area contributed by atoms with Gasteiger partial charge in [-0.25, -0.2) is 8.42 Å². The first kappa shape index (κ1) is 29.7. The molecule has 0 saturated carbocycles. The molecule has 1 N–H and O–H groups in total. The number of ether oxygens (including phenoxy) is 1. The van der Waals surface area contributed by atoms with Crippen molar-refractivity contribution in [3.8, 4) is 5.75 Å². The van der Waals surface area contributed by atoms with Crippen molar-refractivity contribution >= 4 is 50.7 Å². The number of nitrogens with zero attached hydrogens (tertiary/aromatic N) is 2. The van der Waals surface area contributed by atoms with E-state index in [4.69, 9.17) is 27.9 Å². The quantitative estimate of drug-likeness (QED) is 0.366. The maximum atomic E-state index is 13.7. The van der Waals surface area contributed by atoms with Crippen molar-refractivity contribution in [3.05, 3.63) is 58.1 Å². The molecular formula is C25H33Cl2N3O5S. The molecule has 0 aliphatic carbocycles. The summed E-state index contributed by atoms with van der Waals surface area (Å²) >= 11 is 12.6. The number of hydrogen-bond donors (Lipinski definition) is 1. The number of carbonyl (C=O) groups is 2. The lowest BCUT2D eigenvalue weighted by molar-refractivity contribution is -0.140. The minimum absolute atomic E-state index is 0.0409. The van der Waals surface area contributed by atoms with Crippen molar-refractivity contribution in [2.45, 2.75) is 45.7 Å². The zero-order valence-electron chi connectivity index (χ0n) is 21.0. The van der Waals surface area contributed by atoms with Crippen molar-refractivity contribution in [1.82, 2.24) is 10.2 Å². The molecule has 0 aliphatic heterocycles. The second-order valence-corrected chi connectivity index (χ2v) is 11.0. The van der Waals surface area contributed by atoms with Crippen LogP contribution in [0.1, 0.15) is 38.7 Å². The molecular weight excluding hydrogens is 525 g/mol. The Morgan fingerprint density at radius 1 is 1.08 bits per heavy atom. The Labute approximate surface area is 223 Å². The Kier molecular flexibility index (Phi) is 11.3. The third kappa shape index (κ3) is 8.01. The number of halogens is 2. The number of hydrogen-bond acceptors (Lipinski definition) is 5. The molecule has 2 rings (SSSR count). The predicted molar refractivity (Wildman–Crippen MR) is 144 cm³/mol. The van der Waals surface area contributed by atoms with Gasteiger partial charge in [-0.2, -0.15) is 0 Å². The van der Waals surface area contributed by atoms with Crippen molar-refractivity contribution in [1.29, 1.82) is 0 Å². The lowest BCUT2D eigenvalue weighted by Gasteiger charge is -2.33. The van der Waals surface area contributed by atoms with E-state index < -0.39 is 28.5 Å². The summed E-state index contributed by atoms with van der Waals surface area (Å²) in [5.41, 5.74) is 0.848. The van der Waals surface area contributed by atoms with E-state index in [0.29, 0.717) is 29.3 Å². The molecule has 0 aliphatic rings. The van der Waals surface area contributed by atoms with Gasteiger partial charge in [-0.3, -0.25) is 13.9 Å². The lowest BCUT2D eigenvalue weighted by Crippen LogP contribution is -2.52. The SMILES string of the molecule is CCCCNC(=O)C(CC)N(Cc1ccccc1Cl)C(=O)CN(c1ccc(OC)c(Cl)c1)S(C)(=O)=O. The van der Waals surface area contributed by atoms with Crippen molar-refractivity contribution < 1.29 is 22.7 Å². The highest BCUT2D eigenvalue weighted by atomic mass is 35.5. The Morgan fingerprint density at radius 3 is 2.33 bits per heavy atom. The van der Waals surface area contributed by atoms with Crippen LogP contribution < -0.4 is 14.4 Å². The van der Waals surface area contributed by atoms with E-state index in [1.54, 1.807) is 31.2 Å². The number of nitrogens with one attached hydrogen (secondary N) is 1. The van der Waals surface area contributed by atoms with Crippen LogP contribution in [0.25, 0.3) is 0 Å². The standard InChI is InChI=1S/C25H33Cl2N3O5S/c1-5-7-14-28-25(32)22(6-2)29(16-18-10-8-9-11-20(18)26)24(31)17-30(36(4,33)34)19-12-13-23(35-3)21(27)15-19/h8-13,15,22H,5-7,14,16-17H2,1-4H3,(H,28,32). The molecule has 2 aromatic carbocycles. The van der Waals surface area contributed by atoms with Gasteiger partial charge in [-0.15, -0.1) is 0 Å². The molecule has 11 heteroatoms. The molecule has 1 atom stereocenters. The third-order valence-electron chi connectivity index (χ3n) is 5.62. The normalized spacial score (nSPS) is 12.1. The summed E-state index contributed by atoms with van der Waals surface area (Å²) in [6, 6.07) is 10.7. The molecule has 2 aromatic rings. The van der Waals surface area contributed by atoms with Crippen LogP contribution in [0.15, 0.2) is 42.5 Å². The van der Waals surface area contributed by atoms with E-state index in [0.717, 1.165) is 23.4 Å². The van der Waals surface area contributed by atoms with Gasteiger partial charge < -0.3 is 15.0 Å². The molecule has 2 amide bonds. The van der Waals surface area contributed by atoms with Crippen LogP contribution in [-0.4, -0.2) is 57.6 Å². The number of benzene rings is 2. The van der Waals surface area contributed by atoms with E-state index >= 15 is 0 Å². The van der Waals surface area contributed by atoms with Gasteiger partial charge >= 0.3 is 0 Å². The van der Waals surface area contributed by atoms with Crippen LogP contribution >= 0.6 is 23.2 Å². The number of unbranched alkanes of at least 4 members (excludes halogenated alkanes) is 1. The minimum atomic E-state index is -3.87. The molecule has 36 heavy (non-hydrogen) atoms. The summed E-state index contributed by atoms with van der Waals surface area (Å²) < 4.78 is 31.5. The molecule has 0 saturated heterocycles. The molecule has 0 aromatic heterocycles. The van der Waals surface area contributed by atoms with E-state index in [1.165, 1.54) is 30.2 Å². The fraction of sp³-hybridized carbons (Fsp3) is 0.440. The van der Waals surface area contributed by atoms with E-state index in [1.807, 2.05) is 6.92 Å². The highest BCUT2D eigenvalue weighted by Crippen LogP contribution is 2.30. The number of methoxy groups -OCH3 is 1. The van der Waals surface area contributed by atoms with Crippen LogP contribution in [0.3, 0.4) is 0 Å². The predicted octanol–water partition coefficient (Wildman–Crippen LogP) is 4.49.